The minimum Gasteiger partial charge on any atom is -0.465 e. The van der Waals surface area contributed by atoms with E-state index in [1.54, 1.807) is 0 Å². The highest BCUT2D eigenvalue weighted by molar-refractivity contribution is 5.77. The van der Waals surface area contributed by atoms with Gasteiger partial charge in [-0.1, -0.05) is 0 Å². The van der Waals surface area contributed by atoms with Gasteiger partial charge in [0.05, 0.1) is 13.1 Å². The maximum Gasteiger partial charge on any atom is 0.234 e. The Labute approximate surface area is 102 Å². The zero-order chi connectivity index (χ0) is 12.3. The number of nitrogens with zero attached hydrogens (tertiary/aromatic N) is 1. The number of rotatable bonds is 6. The van der Waals surface area contributed by atoms with Crippen LogP contribution in [-0.4, -0.2) is 30.9 Å². The van der Waals surface area contributed by atoms with Crippen molar-refractivity contribution in [2.75, 3.05) is 20.1 Å². The predicted molar refractivity (Wildman–Crippen MR) is 65.5 cm³/mol. The maximum atomic E-state index is 11.6. The van der Waals surface area contributed by atoms with Crippen LogP contribution in [0.4, 0.5) is 0 Å². The summed E-state index contributed by atoms with van der Waals surface area (Å²) < 4.78 is 5.47. The van der Waals surface area contributed by atoms with Crippen LogP contribution in [0.3, 0.4) is 0 Å². The second-order valence-corrected chi connectivity index (χ2v) is 4.93. The van der Waals surface area contributed by atoms with Crippen molar-refractivity contribution in [2.24, 2.45) is 5.92 Å². The first kappa shape index (κ1) is 12.2. The minimum absolute atomic E-state index is 0.0997. The highest BCUT2D eigenvalue weighted by atomic mass is 16.3. The average Bonchev–Trinajstić information content (AvgIpc) is 3.00. The van der Waals surface area contributed by atoms with E-state index in [0.29, 0.717) is 13.1 Å². The van der Waals surface area contributed by atoms with Gasteiger partial charge in [-0.15, -0.1) is 0 Å². The molecule has 1 aromatic heterocycles. The van der Waals surface area contributed by atoms with Crippen LogP contribution in [0.5, 0.6) is 0 Å². The molecular weight excluding hydrogens is 216 g/mol. The molecule has 94 valence electrons. The Hall–Kier alpha value is -1.29. The van der Waals surface area contributed by atoms with E-state index in [0.717, 1.165) is 24.0 Å². The first-order valence-electron chi connectivity index (χ1n) is 6.14. The molecule has 0 spiro atoms. The number of hydrogen-bond acceptors (Lipinski definition) is 3. The van der Waals surface area contributed by atoms with Gasteiger partial charge in [-0.05, 0) is 44.9 Å². The highest BCUT2D eigenvalue weighted by Crippen LogP contribution is 2.27. The van der Waals surface area contributed by atoms with Gasteiger partial charge >= 0.3 is 0 Å². The van der Waals surface area contributed by atoms with Crippen LogP contribution in [0.2, 0.25) is 0 Å². The molecule has 0 aliphatic heterocycles. The number of carbonyl (C=O) groups excluding carboxylic acids is 1. The van der Waals surface area contributed by atoms with Crippen molar-refractivity contribution in [3.05, 3.63) is 23.7 Å². The van der Waals surface area contributed by atoms with E-state index < -0.39 is 0 Å². The first-order valence-corrected chi connectivity index (χ1v) is 6.14. The summed E-state index contributed by atoms with van der Waals surface area (Å²) in [6.45, 7) is 3.86. The van der Waals surface area contributed by atoms with E-state index in [2.05, 4.69) is 5.32 Å². The molecule has 1 heterocycles. The summed E-state index contributed by atoms with van der Waals surface area (Å²) >= 11 is 0. The Morgan fingerprint density at radius 3 is 2.88 bits per heavy atom. The molecule has 1 saturated carbocycles. The van der Waals surface area contributed by atoms with Crippen LogP contribution in [0, 0.1) is 12.8 Å². The summed E-state index contributed by atoms with van der Waals surface area (Å²) in [5.74, 6) is 2.64. The van der Waals surface area contributed by atoms with Gasteiger partial charge in [-0.25, -0.2) is 0 Å². The summed E-state index contributed by atoms with van der Waals surface area (Å²) in [4.78, 5) is 13.6. The third kappa shape index (κ3) is 4.23. The fraction of sp³-hybridized carbons (Fsp3) is 0.615. The van der Waals surface area contributed by atoms with Crippen molar-refractivity contribution in [1.82, 2.24) is 10.2 Å². The molecule has 0 unspecified atom stereocenters. The lowest BCUT2D eigenvalue weighted by atomic mass is 10.4. The van der Waals surface area contributed by atoms with E-state index >= 15 is 0 Å². The van der Waals surface area contributed by atoms with Crippen molar-refractivity contribution in [3.8, 4) is 0 Å². The molecule has 0 aromatic carbocycles. The monoisotopic (exact) mass is 236 g/mol. The number of hydrogen-bond donors (Lipinski definition) is 1. The number of likely N-dealkylation sites (N-methyl/N-ethyl adjacent to an activating group) is 1. The van der Waals surface area contributed by atoms with Gasteiger partial charge in [0.25, 0.3) is 0 Å². The molecule has 0 bridgehead atoms. The largest absolute Gasteiger partial charge is 0.465 e. The molecule has 1 fully saturated rings. The summed E-state index contributed by atoms with van der Waals surface area (Å²) in [6, 6.07) is 3.89. The van der Waals surface area contributed by atoms with Crippen LogP contribution < -0.4 is 5.32 Å². The predicted octanol–water partition coefficient (Wildman–Crippen LogP) is 1.55. The van der Waals surface area contributed by atoms with E-state index in [9.17, 15) is 4.79 Å². The van der Waals surface area contributed by atoms with E-state index in [-0.39, 0.29) is 5.91 Å². The molecule has 4 nitrogen and oxygen atoms in total. The van der Waals surface area contributed by atoms with E-state index in [1.165, 1.54) is 12.8 Å². The van der Waals surface area contributed by atoms with Crippen molar-refractivity contribution in [1.29, 1.82) is 0 Å². The number of furan rings is 1. The van der Waals surface area contributed by atoms with Crippen LogP contribution in [0.15, 0.2) is 16.5 Å². The number of aryl methyl sites for hydroxylation is 1. The van der Waals surface area contributed by atoms with Crippen molar-refractivity contribution in [3.63, 3.8) is 0 Å². The first-order chi connectivity index (χ1) is 8.13. The lowest BCUT2D eigenvalue weighted by Crippen LogP contribution is -2.35. The zero-order valence-electron chi connectivity index (χ0n) is 10.5. The summed E-state index contributed by atoms with van der Waals surface area (Å²) in [5, 5.41) is 2.96. The van der Waals surface area contributed by atoms with Crippen molar-refractivity contribution >= 4 is 5.91 Å². The summed E-state index contributed by atoms with van der Waals surface area (Å²) in [7, 11) is 1.93. The molecule has 0 atom stereocenters. The third-order valence-corrected chi connectivity index (χ3v) is 2.92. The zero-order valence-corrected chi connectivity index (χ0v) is 10.5. The Balaban J connectivity index is 1.68. The van der Waals surface area contributed by atoms with Gasteiger partial charge < -0.3 is 9.73 Å². The van der Waals surface area contributed by atoms with E-state index in [1.807, 2.05) is 31.0 Å². The van der Waals surface area contributed by atoms with Gasteiger partial charge in [0, 0.05) is 6.54 Å². The molecule has 1 aromatic rings. The quantitative estimate of drug-likeness (QED) is 0.815. The van der Waals surface area contributed by atoms with Crippen molar-refractivity contribution in [2.45, 2.75) is 26.3 Å². The Morgan fingerprint density at radius 1 is 1.53 bits per heavy atom. The lowest BCUT2D eigenvalue weighted by molar-refractivity contribution is -0.122. The normalized spacial score (nSPS) is 15.2. The molecule has 4 heteroatoms. The molecule has 1 N–H and O–H groups in total. The molecule has 2 rings (SSSR count). The highest BCUT2D eigenvalue weighted by Gasteiger charge is 2.21. The fourth-order valence-corrected chi connectivity index (χ4v) is 1.77. The Morgan fingerprint density at radius 2 is 2.29 bits per heavy atom. The molecule has 1 aliphatic rings. The van der Waals surface area contributed by atoms with Crippen LogP contribution in [-0.2, 0) is 11.3 Å². The van der Waals surface area contributed by atoms with Gasteiger partial charge in [0.15, 0.2) is 0 Å². The number of nitrogens with one attached hydrogen (secondary N) is 1. The van der Waals surface area contributed by atoms with E-state index in [4.69, 9.17) is 4.42 Å². The van der Waals surface area contributed by atoms with Crippen LogP contribution in [0.1, 0.15) is 24.4 Å². The Kier molecular flexibility index (Phi) is 3.84. The minimum atomic E-state index is 0.0997. The molecular formula is C13H20N2O2. The van der Waals surface area contributed by atoms with Crippen LogP contribution >= 0.6 is 0 Å². The SMILES string of the molecule is Cc1ccc(CN(C)CC(=O)NCC2CC2)o1. The van der Waals surface area contributed by atoms with Gasteiger partial charge in [0.2, 0.25) is 5.91 Å². The maximum absolute atomic E-state index is 11.6. The standard InChI is InChI=1S/C13H20N2O2/c1-10-3-6-12(17-10)8-15(2)9-13(16)14-7-11-4-5-11/h3,6,11H,4-5,7-9H2,1-2H3,(H,14,16). The molecule has 1 aliphatic carbocycles. The molecule has 0 saturated heterocycles. The van der Waals surface area contributed by atoms with Crippen LogP contribution in [0.25, 0.3) is 0 Å². The Bertz CT molecular complexity index is 383. The number of carbonyl (C=O) groups is 1. The third-order valence-electron chi connectivity index (χ3n) is 2.92. The fourth-order valence-electron chi connectivity index (χ4n) is 1.77. The second kappa shape index (κ2) is 5.36. The molecule has 1 amide bonds. The van der Waals surface area contributed by atoms with Crippen molar-refractivity contribution < 1.29 is 9.21 Å². The summed E-state index contributed by atoms with van der Waals surface area (Å²) in [6.07, 6.45) is 2.53. The molecule has 17 heavy (non-hydrogen) atoms. The van der Waals surface area contributed by atoms with Gasteiger partial charge in [0.1, 0.15) is 11.5 Å². The number of amides is 1. The smallest absolute Gasteiger partial charge is 0.234 e. The second-order valence-electron chi connectivity index (χ2n) is 4.93. The van der Waals surface area contributed by atoms with Gasteiger partial charge in [-0.3, -0.25) is 9.69 Å². The lowest BCUT2D eigenvalue weighted by Gasteiger charge is -2.14. The van der Waals surface area contributed by atoms with Gasteiger partial charge in [-0.2, -0.15) is 0 Å². The topological polar surface area (TPSA) is 45.5 Å². The summed E-state index contributed by atoms with van der Waals surface area (Å²) in [5.41, 5.74) is 0. The molecule has 0 radical (unpaired) electrons. The average molecular weight is 236 g/mol.